The Morgan fingerprint density at radius 2 is 2.12 bits per heavy atom. The standard InChI is InChI=1S/C14H20BrClO/c1-4-7-14(2,10-15)9-11-8-12(16)5-6-13(11)17-3/h5-6,8H,4,7,9-10H2,1-3H3. The normalized spacial score (nSPS) is 14.4. The summed E-state index contributed by atoms with van der Waals surface area (Å²) in [7, 11) is 1.71. The maximum atomic E-state index is 6.06. The van der Waals surface area contributed by atoms with E-state index in [4.69, 9.17) is 16.3 Å². The molecule has 0 N–H and O–H groups in total. The summed E-state index contributed by atoms with van der Waals surface area (Å²) in [5.41, 5.74) is 1.45. The fourth-order valence-corrected chi connectivity index (χ4v) is 2.82. The van der Waals surface area contributed by atoms with Crippen molar-refractivity contribution < 1.29 is 4.74 Å². The maximum absolute atomic E-state index is 6.06. The van der Waals surface area contributed by atoms with Crippen LogP contribution in [0, 0.1) is 5.41 Å². The molecule has 0 radical (unpaired) electrons. The smallest absolute Gasteiger partial charge is 0.122 e. The molecule has 0 saturated carbocycles. The van der Waals surface area contributed by atoms with Gasteiger partial charge in [-0.05, 0) is 42.0 Å². The average Bonchev–Trinajstić information content (AvgIpc) is 2.29. The van der Waals surface area contributed by atoms with Gasteiger partial charge in [0.15, 0.2) is 0 Å². The van der Waals surface area contributed by atoms with Gasteiger partial charge in [-0.25, -0.2) is 0 Å². The minimum atomic E-state index is 0.257. The number of benzene rings is 1. The molecule has 1 nitrogen and oxygen atoms in total. The minimum Gasteiger partial charge on any atom is -0.496 e. The van der Waals surface area contributed by atoms with Crippen LogP contribution in [0.4, 0.5) is 0 Å². The van der Waals surface area contributed by atoms with Gasteiger partial charge in [-0.2, -0.15) is 0 Å². The van der Waals surface area contributed by atoms with E-state index in [0.29, 0.717) is 0 Å². The first-order valence-electron chi connectivity index (χ1n) is 5.93. The highest BCUT2D eigenvalue weighted by molar-refractivity contribution is 9.09. The van der Waals surface area contributed by atoms with Gasteiger partial charge in [0.2, 0.25) is 0 Å². The van der Waals surface area contributed by atoms with Gasteiger partial charge in [0.1, 0.15) is 5.75 Å². The molecular weight excluding hydrogens is 300 g/mol. The number of halogens is 2. The molecule has 0 heterocycles. The van der Waals surface area contributed by atoms with Gasteiger partial charge < -0.3 is 4.74 Å². The summed E-state index contributed by atoms with van der Waals surface area (Å²) in [5.74, 6) is 0.928. The largest absolute Gasteiger partial charge is 0.496 e. The monoisotopic (exact) mass is 318 g/mol. The molecule has 0 saturated heterocycles. The summed E-state index contributed by atoms with van der Waals surface area (Å²) in [6.07, 6.45) is 3.36. The summed E-state index contributed by atoms with van der Waals surface area (Å²) in [6, 6.07) is 5.82. The third-order valence-corrected chi connectivity index (χ3v) is 4.62. The molecule has 0 aromatic heterocycles. The van der Waals surface area contributed by atoms with Crippen molar-refractivity contribution in [2.75, 3.05) is 12.4 Å². The number of hydrogen-bond acceptors (Lipinski definition) is 1. The minimum absolute atomic E-state index is 0.257. The molecule has 0 spiro atoms. The van der Waals surface area contributed by atoms with Crippen LogP contribution in [-0.2, 0) is 6.42 Å². The molecule has 0 aliphatic rings. The van der Waals surface area contributed by atoms with Crippen molar-refractivity contribution in [3.8, 4) is 5.75 Å². The zero-order valence-electron chi connectivity index (χ0n) is 10.7. The van der Waals surface area contributed by atoms with Crippen molar-refractivity contribution in [2.45, 2.75) is 33.1 Å². The average molecular weight is 320 g/mol. The number of hydrogen-bond donors (Lipinski definition) is 0. The van der Waals surface area contributed by atoms with E-state index in [9.17, 15) is 0 Å². The first-order valence-corrected chi connectivity index (χ1v) is 7.43. The van der Waals surface area contributed by atoms with E-state index in [2.05, 4.69) is 29.8 Å². The van der Waals surface area contributed by atoms with E-state index in [1.165, 1.54) is 18.4 Å². The van der Waals surface area contributed by atoms with Crippen molar-refractivity contribution >= 4 is 27.5 Å². The molecule has 0 amide bonds. The predicted molar refractivity (Wildman–Crippen MR) is 78.5 cm³/mol. The van der Waals surface area contributed by atoms with Crippen LogP contribution < -0.4 is 4.74 Å². The van der Waals surface area contributed by atoms with E-state index in [1.54, 1.807) is 7.11 Å². The van der Waals surface area contributed by atoms with Crippen LogP contribution in [0.3, 0.4) is 0 Å². The van der Waals surface area contributed by atoms with Gasteiger partial charge in [0.25, 0.3) is 0 Å². The third-order valence-electron chi connectivity index (χ3n) is 3.04. The van der Waals surface area contributed by atoms with E-state index in [1.807, 2.05) is 18.2 Å². The fraction of sp³-hybridized carbons (Fsp3) is 0.571. The number of rotatable bonds is 6. The van der Waals surface area contributed by atoms with Crippen LogP contribution in [-0.4, -0.2) is 12.4 Å². The Balaban J connectivity index is 2.95. The molecule has 1 rings (SSSR count). The van der Waals surface area contributed by atoms with Gasteiger partial charge in [-0.1, -0.05) is 47.8 Å². The number of alkyl halides is 1. The molecule has 0 aliphatic carbocycles. The van der Waals surface area contributed by atoms with Crippen LogP contribution in [0.25, 0.3) is 0 Å². The highest BCUT2D eigenvalue weighted by Gasteiger charge is 2.24. The second kappa shape index (κ2) is 6.65. The predicted octanol–water partition coefficient (Wildman–Crippen LogP) is 5.09. The molecule has 96 valence electrons. The first kappa shape index (κ1) is 14.8. The lowest BCUT2D eigenvalue weighted by Gasteiger charge is -2.27. The zero-order valence-corrected chi connectivity index (χ0v) is 13.1. The summed E-state index contributed by atoms with van der Waals surface area (Å²) in [5, 5.41) is 1.76. The van der Waals surface area contributed by atoms with E-state index >= 15 is 0 Å². The zero-order chi connectivity index (χ0) is 12.9. The Hall–Kier alpha value is -0.210. The summed E-state index contributed by atoms with van der Waals surface area (Å²) >= 11 is 9.68. The lowest BCUT2D eigenvalue weighted by Crippen LogP contribution is -2.21. The summed E-state index contributed by atoms with van der Waals surface area (Å²) in [6.45, 7) is 4.52. The van der Waals surface area contributed by atoms with Crippen molar-refractivity contribution in [3.05, 3.63) is 28.8 Å². The lowest BCUT2D eigenvalue weighted by atomic mass is 9.81. The van der Waals surface area contributed by atoms with Crippen LogP contribution in [0.1, 0.15) is 32.3 Å². The van der Waals surface area contributed by atoms with Gasteiger partial charge in [0, 0.05) is 10.4 Å². The molecule has 0 bridgehead atoms. The van der Waals surface area contributed by atoms with Gasteiger partial charge in [-0.3, -0.25) is 0 Å². The SMILES string of the molecule is CCCC(C)(CBr)Cc1cc(Cl)ccc1OC. The van der Waals surface area contributed by atoms with Gasteiger partial charge >= 0.3 is 0 Å². The van der Waals surface area contributed by atoms with Crippen LogP contribution in [0.5, 0.6) is 5.75 Å². The molecule has 1 aromatic carbocycles. The molecular formula is C14H20BrClO. The second-order valence-corrected chi connectivity index (χ2v) is 5.82. The number of ether oxygens (including phenoxy) is 1. The molecule has 1 atom stereocenters. The van der Waals surface area contributed by atoms with Crippen LogP contribution in [0.2, 0.25) is 5.02 Å². The molecule has 0 fully saturated rings. The maximum Gasteiger partial charge on any atom is 0.122 e. The first-order chi connectivity index (χ1) is 8.04. The second-order valence-electron chi connectivity index (χ2n) is 4.83. The topological polar surface area (TPSA) is 9.23 Å². The van der Waals surface area contributed by atoms with Crippen molar-refractivity contribution in [1.82, 2.24) is 0 Å². The van der Waals surface area contributed by atoms with Crippen molar-refractivity contribution in [2.24, 2.45) is 5.41 Å². The quantitative estimate of drug-likeness (QED) is 0.663. The Morgan fingerprint density at radius 1 is 1.41 bits per heavy atom. The van der Waals surface area contributed by atoms with Crippen LogP contribution >= 0.6 is 27.5 Å². The van der Waals surface area contributed by atoms with Gasteiger partial charge in [0.05, 0.1) is 7.11 Å². The Kier molecular flexibility index (Phi) is 5.81. The molecule has 17 heavy (non-hydrogen) atoms. The molecule has 1 aromatic rings. The Morgan fingerprint density at radius 3 is 2.65 bits per heavy atom. The van der Waals surface area contributed by atoms with Gasteiger partial charge in [-0.15, -0.1) is 0 Å². The summed E-state index contributed by atoms with van der Waals surface area (Å²) < 4.78 is 5.39. The Labute approximate surface area is 118 Å². The molecule has 0 aliphatic heterocycles. The highest BCUT2D eigenvalue weighted by Crippen LogP contribution is 2.34. The number of methoxy groups -OCH3 is 1. The van der Waals surface area contributed by atoms with E-state index < -0.39 is 0 Å². The van der Waals surface area contributed by atoms with Crippen LogP contribution in [0.15, 0.2) is 18.2 Å². The van der Waals surface area contributed by atoms with Crippen molar-refractivity contribution in [3.63, 3.8) is 0 Å². The lowest BCUT2D eigenvalue weighted by molar-refractivity contribution is 0.330. The molecule has 3 heteroatoms. The summed E-state index contributed by atoms with van der Waals surface area (Å²) in [4.78, 5) is 0. The fourth-order valence-electron chi connectivity index (χ4n) is 2.15. The Bertz CT molecular complexity index is 367. The molecule has 1 unspecified atom stereocenters. The van der Waals surface area contributed by atoms with E-state index in [-0.39, 0.29) is 5.41 Å². The van der Waals surface area contributed by atoms with Crippen molar-refractivity contribution in [1.29, 1.82) is 0 Å². The van der Waals surface area contributed by atoms with E-state index in [0.717, 1.165) is 22.5 Å². The third kappa shape index (κ3) is 4.18. The highest BCUT2D eigenvalue weighted by atomic mass is 79.9.